The lowest BCUT2D eigenvalue weighted by Gasteiger charge is -2.21. The van der Waals surface area contributed by atoms with E-state index in [9.17, 15) is 0 Å². The van der Waals surface area contributed by atoms with Gasteiger partial charge in [-0.05, 0) is 55.3 Å². The van der Waals surface area contributed by atoms with E-state index in [1.54, 1.807) is 0 Å². The first-order chi connectivity index (χ1) is 9.14. The molecule has 0 bridgehead atoms. The average molecular weight is 264 g/mol. The molecule has 0 aliphatic heterocycles. The van der Waals surface area contributed by atoms with Gasteiger partial charge in [-0.2, -0.15) is 0 Å². The molecule has 0 aliphatic carbocycles. The van der Waals surface area contributed by atoms with E-state index >= 15 is 0 Å². The molecule has 1 rings (SSSR count). The highest BCUT2D eigenvalue weighted by atomic mass is 16.5. The summed E-state index contributed by atoms with van der Waals surface area (Å²) in [5.41, 5.74) is 7.32. The van der Waals surface area contributed by atoms with E-state index in [1.807, 2.05) is 12.4 Å². The van der Waals surface area contributed by atoms with Crippen LogP contribution in [0.5, 0.6) is 0 Å². The Bertz CT molecular complexity index is 325. The summed E-state index contributed by atoms with van der Waals surface area (Å²) in [6.45, 7) is 6.94. The van der Waals surface area contributed by atoms with Crippen LogP contribution >= 0.6 is 0 Å². The van der Waals surface area contributed by atoms with Crippen molar-refractivity contribution >= 4 is 0 Å². The number of hydrogen-bond acceptors (Lipinski definition) is 3. The third kappa shape index (κ3) is 7.96. The number of hydrogen-bond donors (Lipinski definition) is 1. The van der Waals surface area contributed by atoms with Crippen molar-refractivity contribution in [3.63, 3.8) is 0 Å². The van der Waals surface area contributed by atoms with Crippen LogP contribution in [0.15, 0.2) is 24.5 Å². The summed E-state index contributed by atoms with van der Waals surface area (Å²) in [7, 11) is 0. The summed E-state index contributed by atoms with van der Waals surface area (Å²) in [5.74, 6) is 0. The zero-order valence-electron chi connectivity index (χ0n) is 12.4. The minimum Gasteiger partial charge on any atom is -0.381 e. The van der Waals surface area contributed by atoms with Gasteiger partial charge >= 0.3 is 0 Å². The number of rotatable bonds is 10. The van der Waals surface area contributed by atoms with E-state index in [1.165, 1.54) is 18.4 Å². The zero-order chi connectivity index (χ0) is 14.0. The molecule has 3 heteroatoms. The Morgan fingerprint density at radius 2 is 1.79 bits per heavy atom. The van der Waals surface area contributed by atoms with Crippen LogP contribution in [0.1, 0.15) is 45.1 Å². The maximum atomic E-state index is 5.71. The standard InChI is InChI=1S/C16H28N2O/c1-16(2,14-17)9-3-4-12-19-13-5-6-15-7-10-18-11-8-15/h7-8,10-11H,3-6,9,12-14,17H2,1-2H3. The van der Waals surface area contributed by atoms with Crippen LogP contribution in [-0.2, 0) is 11.2 Å². The molecule has 0 spiro atoms. The van der Waals surface area contributed by atoms with Crippen LogP contribution in [0.2, 0.25) is 0 Å². The van der Waals surface area contributed by atoms with E-state index in [4.69, 9.17) is 10.5 Å². The van der Waals surface area contributed by atoms with Crippen molar-refractivity contribution in [3.8, 4) is 0 Å². The summed E-state index contributed by atoms with van der Waals surface area (Å²) in [5, 5.41) is 0. The van der Waals surface area contributed by atoms with Gasteiger partial charge in [0.25, 0.3) is 0 Å². The highest BCUT2D eigenvalue weighted by Crippen LogP contribution is 2.21. The molecular formula is C16H28N2O. The van der Waals surface area contributed by atoms with Gasteiger partial charge in [0.1, 0.15) is 0 Å². The average Bonchev–Trinajstić information content (AvgIpc) is 2.43. The number of pyridine rings is 1. The Balaban J connectivity index is 1.92. The number of aromatic nitrogens is 1. The fourth-order valence-corrected chi connectivity index (χ4v) is 1.94. The first kappa shape index (κ1) is 16.1. The van der Waals surface area contributed by atoms with Crippen LogP contribution in [0.3, 0.4) is 0 Å². The summed E-state index contributed by atoms with van der Waals surface area (Å²) in [6, 6.07) is 4.13. The Morgan fingerprint density at radius 1 is 1.11 bits per heavy atom. The first-order valence-electron chi connectivity index (χ1n) is 7.31. The van der Waals surface area contributed by atoms with Gasteiger partial charge in [-0.25, -0.2) is 0 Å². The second kappa shape index (κ2) is 9.05. The van der Waals surface area contributed by atoms with Crippen LogP contribution < -0.4 is 5.73 Å². The lowest BCUT2D eigenvalue weighted by atomic mass is 9.87. The summed E-state index contributed by atoms with van der Waals surface area (Å²) < 4.78 is 5.66. The van der Waals surface area contributed by atoms with Gasteiger partial charge < -0.3 is 10.5 Å². The minimum atomic E-state index is 0.279. The van der Waals surface area contributed by atoms with Crippen molar-refractivity contribution in [1.82, 2.24) is 4.98 Å². The Labute approximate surface area is 117 Å². The predicted octanol–water partition coefficient (Wildman–Crippen LogP) is 3.19. The highest BCUT2D eigenvalue weighted by Gasteiger charge is 2.14. The SMILES string of the molecule is CC(C)(CN)CCCCOCCCc1ccncc1. The van der Waals surface area contributed by atoms with Crippen LogP contribution in [0.4, 0.5) is 0 Å². The van der Waals surface area contributed by atoms with Crippen LogP contribution in [0, 0.1) is 5.41 Å². The Hall–Kier alpha value is -0.930. The summed E-state index contributed by atoms with van der Waals surface area (Å²) in [4.78, 5) is 4.01. The number of nitrogens with zero attached hydrogens (tertiary/aromatic N) is 1. The van der Waals surface area contributed by atoms with Gasteiger partial charge in [0.2, 0.25) is 0 Å². The molecule has 19 heavy (non-hydrogen) atoms. The topological polar surface area (TPSA) is 48.1 Å². The lowest BCUT2D eigenvalue weighted by Crippen LogP contribution is -2.23. The lowest BCUT2D eigenvalue weighted by molar-refractivity contribution is 0.125. The smallest absolute Gasteiger partial charge is 0.0469 e. The molecule has 0 amide bonds. The van der Waals surface area contributed by atoms with Gasteiger partial charge in [-0.3, -0.25) is 4.98 Å². The Kier molecular flexibility index (Phi) is 7.68. The quantitative estimate of drug-likeness (QED) is 0.660. The summed E-state index contributed by atoms with van der Waals surface area (Å²) in [6.07, 6.45) is 9.36. The minimum absolute atomic E-state index is 0.279. The molecule has 0 saturated heterocycles. The van der Waals surface area contributed by atoms with Gasteiger partial charge in [-0.15, -0.1) is 0 Å². The third-order valence-corrected chi connectivity index (χ3v) is 3.45. The molecule has 2 N–H and O–H groups in total. The highest BCUT2D eigenvalue weighted by molar-refractivity contribution is 5.09. The van der Waals surface area contributed by atoms with Gasteiger partial charge in [0.15, 0.2) is 0 Å². The monoisotopic (exact) mass is 264 g/mol. The van der Waals surface area contributed by atoms with Crippen molar-refractivity contribution in [3.05, 3.63) is 30.1 Å². The van der Waals surface area contributed by atoms with Gasteiger partial charge in [0, 0.05) is 25.6 Å². The zero-order valence-corrected chi connectivity index (χ0v) is 12.4. The Morgan fingerprint density at radius 3 is 2.47 bits per heavy atom. The number of ether oxygens (including phenoxy) is 1. The fourth-order valence-electron chi connectivity index (χ4n) is 1.94. The molecule has 3 nitrogen and oxygen atoms in total. The molecule has 1 aromatic heterocycles. The number of aryl methyl sites for hydroxylation is 1. The van der Waals surface area contributed by atoms with Crippen LogP contribution in [0.25, 0.3) is 0 Å². The van der Waals surface area contributed by atoms with Crippen molar-refractivity contribution in [2.24, 2.45) is 11.1 Å². The second-order valence-electron chi connectivity index (χ2n) is 5.90. The van der Waals surface area contributed by atoms with Crippen molar-refractivity contribution in [1.29, 1.82) is 0 Å². The maximum absolute atomic E-state index is 5.71. The molecule has 0 saturated carbocycles. The largest absolute Gasteiger partial charge is 0.381 e. The van der Waals surface area contributed by atoms with E-state index in [2.05, 4.69) is 31.0 Å². The molecule has 0 atom stereocenters. The fraction of sp³-hybridized carbons (Fsp3) is 0.688. The van der Waals surface area contributed by atoms with E-state index in [-0.39, 0.29) is 5.41 Å². The normalized spacial score (nSPS) is 11.7. The summed E-state index contributed by atoms with van der Waals surface area (Å²) >= 11 is 0. The molecule has 1 heterocycles. The number of unbranched alkanes of at least 4 members (excludes halogenated alkanes) is 1. The molecule has 1 aromatic rings. The van der Waals surface area contributed by atoms with E-state index in [0.29, 0.717) is 0 Å². The molecule has 0 aromatic carbocycles. The van der Waals surface area contributed by atoms with Crippen molar-refractivity contribution in [2.75, 3.05) is 19.8 Å². The van der Waals surface area contributed by atoms with E-state index in [0.717, 1.165) is 39.0 Å². The molecule has 0 aliphatic rings. The molecular weight excluding hydrogens is 236 g/mol. The predicted molar refractivity (Wildman–Crippen MR) is 80.1 cm³/mol. The first-order valence-corrected chi connectivity index (χ1v) is 7.31. The van der Waals surface area contributed by atoms with Crippen molar-refractivity contribution in [2.45, 2.75) is 46.0 Å². The molecule has 108 valence electrons. The van der Waals surface area contributed by atoms with Gasteiger partial charge in [0.05, 0.1) is 0 Å². The molecule has 0 radical (unpaired) electrons. The van der Waals surface area contributed by atoms with E-state index < -0.39 is 0 Å². The maximum Gasteiger partial charge on any atom is 0.0469 e. The van der Waals surface area contributed by atoms with Gasteiger partial charge in [-0.1, -0.05) is 20.3 Å². The van der Waals surface area contributed by atoms with Crippen molar-refractivity contribution < 1.29 is 4.74 Å². The third-order valence-electron chi connectivity index (χ3n) is 3.45. The second-order valence-corrected chi connectivity index (χ2v) is 5.90. The molecule has 0 fully saturated rings. The van der Waals surface area contributed by atoms with Crippen LogP contribution in [-0.4, -0.2) is 24.7 Å². The number of nitrogens with two attached hydrogens (primary N) is 1. The molecule has 0 unspecified atom stereocenters.